The molecule has 0 saturated carbocycles. The summed E-state index contributed by atoms with van der Waals surface area (Å²) in [6.45, 7) is 3.75. The van der Waals surface area contributed by atoms with Gasteiger partial charge in [0.25, 0.3) is 5.56 Å². The zero-order valence-electron chi connectivity index (χ0n) is 33.9. The number of ether oxygens (including phenoxy) is 3. The Morgan fingerprint density at radius 2 is 1.04 bits per heavy atom. The SMILES string of the molecule is CCCCCCCCCCCCCCCC(=O)O[C@@H]1[C@H](OC(=O)CCCCCCCCCCCCCCC)[C@@H](COP(=O)(O)O)O[C@H]1n1ccc(=O)[nH]c1=O. The van der Waals surface area contributed by atoms with Gasteiger partial charge >= 0.3 is 25.5 Å². The number of hydrogen-bond acceptors (Lipinski definition) is 9. The van der Waals surface area contributed by atoms with Crippen LogP contribution < -0.4 is 11.2 Å². The zero-order valence-corrected chi connectivity index (χ0v) is 34.8. The van der Waals surface area contributed by atoms with Gasteiger partial charge < -0.3 is 24.0 Å². The highest BCUT2D eigenvalue weighted by Crippen LogP contribution is 2.40. The van der Waals surface area contributed by atoms with Crippen LogP contribution in [0, 0.1) is 0 Å². The van der Waals surface area contributed by atoms with E-state index in [1.807, 2.05) is 0 Å². The monoisotopic (exact) mass is 800 g/mol. The Morgan fingerprint density at radius 1 is 0.655 bits per heavy atom. The van der Waals surface area contributed by atoms with E-state index in [0.29, 0.717) is 12.8 Å². The van der Waals surface area contributed by atoms with Crippen molar-refractivity contribution in [2.45, 2.75) is 218 Å². The maximum Gasteiger partial charge on any atom is 0.469 e. The minimum Gasteiger partial charge on any atom is -0.455 e. The largest absolute Gasteiger partial charge is 0.469 e. The Labute approximate surface area is 329 Å². The second-order valence-corrected chi connectivity index (χ2v) is 16.5. The maximum atomic E-state index is 13.2. The molecule has 1 fully saturated rings. The Bertz CT molecular complexity index is 1330. The van der Waals surface area contributed by atoms with E-state index in [4.69, 9.17) is 18.7 Å². The summed E-state index contributed by atoms with van der Waals surface area (Å²) in [4.78, 5) is 71.8. The number of phosphoric acid groups is 1. The van der Waals surface area contributed by atoms with Crippen LogP contribution in [0.3, 0.4) is 0 Å². The van der Waals surface area contributed by atoms with Crippen LogP contribution in [0.15, 0.2) is 21.9 Å². The van der Waals surface area contributed by atoms with Crippen molar-refractivity contribution < 1.29 is 42.7 Å². The molecule has 0 unspecified atom stereocenters. The molecule has 1 aliphatic rings. The van der Waals surface area contributed by atoms with Gasteiger partial charge in [-0.3, -0.25) is 28.5 Å². The topological polar surface area (TPSA) is 183 Å². The fourth-order valence-corrected chi connectivity index (χ4v) is 7.47. The van der Waals surface area contributed by atoms with Gasteiger partial charge in [0, 0.05) is 25.1 Å². The first kappa shape index (κ1) is 48.8. The highest BCUT2D eigenvalue weighted by Gasteiger charge is 2.51. The van der Waals surface area contributed by atoms with Gasteiger partial charge in [0.05, 0.1) is 6.61 Å². The molecule has 4 atom stereocenters. The van der Waals surface area contributed by atoms with Crippen LogP contribution in [0.2, 0.25) is 0 Å². The third-order valence-electron chi connectivity index (χ3n) is 10.3. The Kier molecular flexibility index (Phi) is 26.5. The maximum absolute atomic E-state index is 13.2. The van der Waals surface area contributed by atoms with Crippen LogP contribution >= 0.6 is 7.82 Å². The number of phosphoric ester groups is 1. The molecule has 0 aliphatic carbocycles. The Morgan fingerprint density at radius 3 is 1.42 bits per heavy atom. The molecule has 13 nitrogen and oxygen atoms in total. The summed E-state index contributed by atoms with van der Waals surface area (Å²) >= 11 is 0. The highest BCUT2D eigenvalue weighted by atomic mass is 31.2. The number of esters is 2. The molecule has 0 bridgehead atoms. The van der Waals surface area contributed by atoms with Gasteiger partial charge in [-0.05, 0) is 12.8 Å². The smallest absolute Gasteiger partial charge is 0.455 e. The zero-order chi connectivity index (χ0) is 40.2. The molecule has 1 aromatic heterocycles. The number of carbonyl (C=O) groups is 2. The third kappa shape index (κ3) is 22.9. The van der Waals surface area contributed by atoms with Gasteiger partial charge in [-0.1, -0.05) is 168 Å². The van der Waals surface area contributed by atoms with E-state index in [-0.39, 0.29) is 12.8 Å². The van der Waals surface area contributed by atoms with Crippen LogP contribution in [-0.4, -0.2) is 56.2 Å². The van der Waals surface area contributed by atoms with Gasteiger partial charge in [-0.15, -0.1) is 0 Å². The number of nitrogens with zero attached hydrogens (tertiary/aromatic N) is 1. The van der Waals surface area contributed by atoms with Crippen molar-refractivity contribution >= 4 is 19.8 Å². The molecule has 2 rings (SSSR count). The normalized spacial score (nSPS) is 18.5. The molecule has 0 aromatic carbocycles. The molecule has 318 valence electrons. The number of hydrogen-bond donors (Lipinski definition) is 3. The summed E-state index contributed by atoms with van der Waals surface area (Å²) in [6.07, 6.45) is 26.0. The lowest BCUT2D eigenvalue weighted by atomic mass is 10.0. The lowest BCUT2D eigenvalue weighted by molar-refractivity contribution is -0.169. The number of H-pyrrole nitrogens is 1. The minimum atomic E-state index is -4.96. The standard InChI is InChI=1S/C41H73N2O11P/c1-3-5-7-9-11-13-15-17-19-21-23-25-27-29-36(45)53-38-34(33-51-55(48,49)50)52-40(43-32-31-35(44)42-41(43)47)39(38)54-37(46)30-28-26-24-22-20-18-16-14-12-10-8-6-4-2/h31-32,34,38-40H,3-30,33H2,1-2H3,(H,42,44,47)(H2,48,49,50)/t34-,38-,39-,40-/m1/s1. The summed E-state index contributed by atoms with van der Waals surface area (Å²) in [5.74, 6) is -1.18. The molecule has 0 amide bonds. The van der Waals surface area contributed by atoms with E-state index in [2.05, 4.69) is 18.8 Å². The molecule has 1 aromatic rings. The van der Waals surface area contributed by atoms with Crippen molar-refractivity contribution in [1.29, 1.82) is 0 Å². The van der Waals surface area contributed by atoms with Gasteiger partial charge in [0.1, 0.15) is 6.10 Å². The average molecular weight is 801 g/mol. The second kappa shape index (κ2) is 29.9. The van der Waals surface area contributed by atoms with E-state index in [1.165, 1.54) is 109 Å². The van der Waals surface area contributed by atoms with Crippen molar-refractivity contribution in [2.24, 2.45) is 0 Å². The summed E-state index contributed by atoms with van der Waals surface area (Å²) in [5, 5.41) is 0. The number of rotatable bonds is 34. The molecule has 14 heteroatoms. The average Bonchev–Trinajstić information content (AvgIpc) is 3.46. The van der Waals surface area contributed by atoms with Crippen molar-refractivity contribution in [3.8, 4) is 0 Å². The molecule has 0 radical (unpaired) electrons. The number of carbonyl (C=O) groups excluding carboxylic acids is 2. The second-order valence-electron chi connectivity index (χ2n) is 15.3. The van der Waals surface area contributed by atoms with Crippen LogP contribution in [0.1, 0.15) is 200 Å². The number of aromatic nitrogens is 2. The van der Waals surface area contributed by atoms with Gasteiger partial charge in [-0.25, -0.2) is 9.36 Å². The molecule has 1 saturated heterocycles. The lowest BCUT2D eigenvalue weighted by Crippen LogP contribution is -2.42. The first-order chi connectivity index (χ1) is 26.6. The number of aromatic amines is 1. The van der Waals surface area contributed by atoms with Crippen molar-refractivity contribution in [2.75, 3.05) is 6.61 Å². The van der Waals surface area contributed by atoms with Crippen LogP contribution in [0.4, 0.5) is 0 Å². The van der Waals surface area contributed by atoms with Gasteiger partial charge in [0.2, 0.25) is 0 Å². The molecule has 1 aliphatic heterocycles. The lowest BCUT2D eigenvalue weighted by Gasteiger charge is -2.25. The van der Waals surface area contributed by atoms with Crippen molar-refractivity contribution in [1.82, 2.24) is 9.55 Å². The third-order valence-corrected chi connectivity index (χ3v) is 10.8. The molecule has 0 spiro atoms. The van der Waals surface area contributed by atoms with Crippen LogP contribution in [-0.2, 0) is 32.9 Å². The number of nitrogens with one attached hydrogen (secondary N) is 1. The molecule has 55 heavy (non-hydrogen) atoms. The molecule has 3 N–H and O–H groups in total. The predicted molar refractivity (Wildman–Crippen MR) is 214 cm³/mol. The van der Waals surface area contributed by atoms with E-state index < -0.39 is 62.2 Å². The molecular formula is C41H73N2O11P. The van der Waals surface area contributed by atoms with Gasteiger partial charge in [-0.2, -0.15) is 0 Å². The van der Waals surface area contributed by atoms with Crippen molar-refractivity contribution in [3.05, 3.63) is 33.1 Å². The first-order valence-corrected chi connectivity index (χ1v) is 23.1. The summed E-state index contributed by atoms with van der Waals surface area (Å²) in [7, 11) is -4.96. The first-order valence-electron chi connectivity index (χ1n) is 21.6. The van der Waals surface area contributed by atoms with E-state index in [1.54, 1.807) is 0 Å². The summed E-state index contributed by atoms with van der Waals surface area (Å²) < 4.78 is 34.9. The Balaban J connectivity index is 1.91. The van der Waals surface area contributed by atoms with Crippen LogP contribution in [0.5, 0.6) is 0 Å². The van der Waals surface area contributed by atoms with Crippen molar-refractivity contribution in [3.63, 3.8) is 0 Å². The fraction of sp³-hybridized carbons (Fsp3) is 0.854. The summed E-state index contributed by atoms with van der Waals surface area (Å²) in [5.41, 5.74) is -1.51. The highest BCUT2D eigenvalue weighted by molar-refractivity contribution is 7.46. The quantitative estimate of drug-likeness (QED) is 0.0343. The number of unbranched alkanes of at least 4 members (excludes halogenated alkanes) is 24. The molecule has 2 heterocycles. The van der Waals surface area contributed by atoms with Crippen LogP contribution in [0.25, 0.3) is 0 Å². The van der Waals surface area contributed by atoms with Gasteiger partial charge in [0.15, 0.2) is 18.4 Å². The van der Waals surface area contributed by atoms with E-state index in [0.717, 1.165) is 61.8 Å². The van der Waals surface area contributed by atoms with E-state index >= 15 is 0 Å². The predicted octanol–water partition coefficient (Wildman–Crippen LogP) is 9.33. The Hall–Kier alpha value is -2.31. The van der Waals surface area contributed by atoms with E-state index in [9.17, 15) is 33.5 Å². The minimum absolute atomic E-state index is 0.0865. The summed E-state index contributed by atoms with van der Waals surface area (Å²) in [6, 6.07) is 1.09. The fourth-order valence-electron chi connectivity index (χ4n) is 7.13. The molecular weight excluding hydrogens is 727 g/mol.